The van der Waals surface area contributed by atoms with Crippen LogP contribution in [0.3, 0.4) is 0 Å². The quantitative estimate of drug-likeness (QED) is 0.476. The summed E-state index contributed by atoms with van der Waals surface area (Å²) in [5.41, 5.74) is 1.90. The second kappa shape index (κ2) is 8.58. The molecule has 0 aliphatic carbocycles. The van der Waals surface area contributed by atoms with Crippen molar-refractivity contribution in [1.29, 1.82) is 0 Å². The normalized spacial score (nSPS) is 10.4. The lowest BCUT2D eigenvalue weighted by atomic mass is 10.2. The van der Waals surface area contributed by atoms with Gasteiger partial charge in [-0.25, -0.2) is 0 Å². The highest BCUT2D eigenvalue weighted by molar-refractivity contribution is 9.10. The van der Waals surface area contributed by atoms with Crippen LogP contribution in [0.4, 0.5) is 5.69 Å². The highest BCUT2D eigenvalue weighted by Crippen LogP contribution is 2.26. The highest BCUT2D eigenvalue weighted by atomic mass is 79.9. The molecule has 3 aromatic rings. The maximum Gasteiger partial charge on any atom is 0.255 e. The van der Waals surface area contributed by atoms with Crippen molar-refractivity contribution < 1.29 is 9.53 Å². The van der Waals surface area contributed by atoms with E-state index in [9.17, 15) is 4.79 Å². The van der Waals surface area contributed by atoms with Gasteiger partial charge in [0.25, 0.3) is 5.91 Å². The van der Waals surface area contributed by atoms with Gasteiger partial charge in [0.05, 0.1) is 10.7 Å². The van der Waals surface area contributed by atoms with Crippen LogP contribution >= 0.6 is 39.1 Å². The number of carbonyl (C=O) groups excluding carboxylic acids is 1. The van der Waals surface area contributed by atoms with Gasteiger partial charge in [-0.15, -0.1) is 0 Å². The van der Waals surface area contributed by atoms with Crippen molar-refractivity contribution in [3.63, 3.8) is 0 Å². The van der Waals surface area contributed by atoms with Gasteiger partial charge in [0.15, 0.2) is 0 Å². The van der Waals surface area contributed by atoms with Crippen LogP contribution < -0.4 is 10.1 Å². The van der Waals surface area contributed by atoms with Crippen LogP contribution in [0.5, 0.6) is 5.75 Å². The van der Waals surface area contributed by atoms with Gasteiger partial charge in [-0.3, -0.25) is 4.79 Å². The number of hydrogen-bond donors (Lipinski definition) is 1. The molecule has 0 bridgehead atoms. The Bertz CT molecular complexity index is 947. The minimum absolute atomic E-state index is 0.266. The van der Waals surface area contributed by atoms with Gasteiger partial charge in [0.2, 0.25) is 0 Å². The summed E-state index contributed by atoms with van der Waals surface area (Å²) >= 11 is 15.6. The molecule has 132 valence electrons. The van der Waals surface area contributed by atoms with Gasteiger partial charge < -0.3 is 10.1 Å². The van der Waals surface area contributed by atoms with Crippen LogP contribution in [0.25, 0.3) is 0 Å². The van der Waals surface area contributed by atoms with E-state index in [2.05, 4.69) is 21.2 Å². The van der Waals surface area contributed by atoms with Crippen LogP contribution in [0, 0.1) is 0 Å². The molecule has 0 aliphatic heterocycles. The fourth-order valence-corrected chi connectivity index (χ4v) is 3.20. The Balaban J connectivity index is 1.70. The summed E-state index contributed by atoms with van der Waals surface area (Å²) in [6, 6.07) is 19.7. The van der Waals surface area contributed by atoms with Gasteiger partial charge in [0.1, 0.15) is 12.4 Å². The van der Waals surface area contributed by atoms with E-state index in [1.165, 1.54) is 0 Å². The van der Waals surface area contributed by atoms with E-state index in [0.717, 1.165) is 10.0 Å². The van der Waals surface area contributed by atoms with Gasteiger partial charge in [0, 0.05) is 20.6 Å². The molecular formula is C20H14BrCl2NO2. The Kier molecular flexibility index (Phi) is 6.20. The lowest BCUT2D eigenvalue weighted by Crippen LogP contribution is -2.12. The lowest BCUT2D eigenvalue weighted by Gasteiger charge is -2.10. The predicted molar refractivity (Wildman–Crippen MR) is 109 cm³/mol. The molecule has 0 unspecified atom stereocenters. The number of rotatable bonds is 5. The number of carbonyl (C=O) groups is 1. The molecule has 0 radical (unpaired) electrons. The zero-order valence-electron chi connectivity index (χ0n) is 13.5. The Labute approximate surface area is 170 Å². The molecule has 0 heterocycles. The molecule has 26 heavy (non-hydrogen) atoms. The molecule has 3 rings (SSSR count). The fourth-order valence-electron chi connectivity index (χ4n) is 2.29. The first-order chi connectivity index (χ1) is 12.5. The van der Waals surface area contributed by atoms with Crippen molar-refractivity contribution >= 4 is 50.7 Å². The molecule has 0 aliphatic rings. The molecule has 1 amide bonds. The number of hydrogen-bond acceptors (Lipinski definition) is 2. The standard InChI is InChI=1S/C20H14BrCl2NO2/c21-15-8-9-19(18(23)11-15)24-20(25)13-5-3-6-16(10-13)26-12-14-4-1-2-7-17(14)22/h1-11H,12H2,(H,24,25). The smallest absolute Gasteiger partial charge is 0.255 e. The minimum atomic E-state index is -0.266. The number of anilines is 1. The summed E-state index contributed by atoms with van der Waals surface area (Å²) in [5.74, 6) is 0.317. The molecule has 0 aromatic heterocycles. The first-order valence-corrected chi connectivity index (χ1v) is 9.30. The van der Waals surface area contributed by atoms with E-state index in [4.69, 9.17) is 27.9 Å². The number of amides is 1. The van der Waals surface area contributed by atoms with Gasteiger partial charge in [-0.05, 0) is 42.5 Å². The van der Waals surface area contributed by atoms with Crippen molar-refractivity contribution in [1.82, 2.24) is 0 Å². The van der Waals surface area contributed by atoms with Crippen LogP contribution in [0.15, 0.2) is 71.2 Å². The Morgan fingerprint density at radius 2 is 1.77 bits per heavy atom. The summed E-state index contributed by atoms with van der Waals surface area (Å²) in [5, 5.41) is 3.90. The van der Waals surface area contributed by atoms with E-state index in [-0.39, 0.29) is 5.91 Å². The first kappa shape index (κ1) is 18.8. The maximum absolute atomic E-state index is 12.5. The highest BCUT2D eigenvalue weighted by Gasteiger charge is 2.10. The van der Waals surface area contributed by atoms with Gasteiger partial charge >= 0.3 is 0 Å². The zero-order chi connectivity index (χ0) is 18.5. The number of nitrogens with one attached hydrogen (secondary N) is 1. The Hall–Kier alpha value is -2.01. The predicted octanol–water partition coefficient (Wildman–Crippen LogP) is 6.59. The monoisotopic (exact) mass is 449 g/mol. The zero-order valence-corrected chi connectivity index (χ0v) is 16.6. The molecule has 0 saturated carbocycles. The largest absolute Gasteiger partial charge is 0.489 e. The van der Waals surface area contributed by atoms with Crippen LogP contribution in [0.1, 0.15) is 15.9 Å². The minimum Gasteiger partial charge on any atom is -0.489 e. The van der Waals surface area contributed by atoms with Crippen molar-refractivity contribution in [2.45, 2.75) is 6.61 Å². The topological polar surface area (TPSA) is 38.3 Å². The fraction of sp³-hybridized carbons (Fsp3) is 0.0500. The van der Waals surface area contributed by atoms with E-state index >= 15 is 0 Å². The van der Waals surface area contributed by atoms with E-state index in [1.807, 2.05) is 30.3 Å². The number of ether oxygens (including phenoxy) is 1. The first-order valence-electron chi connectivity index (χ1n) is 7.75. The van der Waals surface area contributed by atoms with Crippen LogP contribution in [0.2, 0.25) is 10.0 Å². The third-order valence-corrected chi connectivity index (χ3v) is 4.80. The van der Waals surface area contributed by atoms with Crippen LogP contribution in [-0.4, -0.2) is 5.91 Å². The molecule has 0 atom stereocenters. The summed E-state index contributed by atoms with van der Waals surface area (Å²) in [6.07, 6.45) is 0. The van der Waals surface area contributed by atoms with E-state index in [0.29, 0.717) is 33.7 Å². The van der Waals surface area contributed by atoms with E-state index in [1.54, 1.807) is 36.4 Å². The third-order valence-electron chi connectivity index (χ3n) is 3.63. The lowest BCUT2D eigenvalue weighted by molar-refractivity contribution is 0.102. The Morgan fingerprint density at radius 3 is 2.54 bits per heavy atom. The van der Waals surface area contributed by atoms with Gasteiger partial charge in [-0.2, -0.15) is 0 Å². The summed E-state index contributed by atoms with van der Waals surface area (Å²) in [6.45, 7) is 0.323. The van der Waals surface area contributed by atoms with E-state index < -0.39 is 0 Å². The molecule has 0 fully saturated rings. The van der Waals surface area contributed by atoms with Gasteiger partial charge in [-0.1, -0.05) is 63.4 Å². The molecular weight excluding hydrogens is 437 g/mol. The SMILES string of the molecule is O=C(Nc1ccc(Br)cc1Cl)c1cccc(OCc2ccccc2Cl)c1. The summed E-state index contributed by atoms with van der Waals surface area (Å²) < 4.78 is 6.60. The third kappa shape index (κ3) is 4.79. The number of halogens is 3. The number of benzene rings is 3. The maximum atomic E-state index is 12.5. The average Bonchev–Trinajstić information content (AvgIpc) is 2.63. The van der Waals surface area contributed by atoms with Crippen molar-refractivity contribution in [3.8, 4) is 5.75 Å². The Morgan fingerprint density at radius 1 is 0.962 bits per heavy atom. The van der Waals surface area contributed by atoms with Crippen molar-refractivity contribution in [2.75, 3.05) is 5.32 Å². The molecule has 3 nitrogen and oxygen atoms in total. The molecule has 0 saturated heterocycles. The molecule has 3 aromatic carbocycles. The average molecular weight is 451 g/mol. The van der Waals surface area contributed by atoms with Crippen LogP contribution in [-0.2, 0) is 6.61 Å². The molecule has 0 spiro atoms. The molecule has 1 N–H and O–H groups in total. The van der Waals surface area contributed by atoms with Crippen molar-refractivity contribution in [3.05, 3.63) is 92.4 Å². The summed E-state index contributed by atoms with van der Waals surface area (Å²) in [7, 11) is 0. The molecule has 6 heteroatoms. The second-order valence-electron chi connectivity index (χ2n) is 5.49. The second-order valence-corrected chi connectivity index (χ2v) is 7.22. The van der Waals surface area contributed by atoms with Crippen molar-refractivity contribution in [2.24, 2.45) is 0 Å². The summed E-state index contributed by atoms with van der Waals surface area (Å²) in [4.78, 5) is 12.5.